The van der Waals surface area contributed by atoms with Crippen molar-refractivity contribution >= 4 is 42.8 Å². The van der Waals surface area contributed by atoms with E-state index >= 15 is 0 Å². The number of nitrogens with zero attached hydrogens (tertiary/aromatic N) is 1. The van der Waals surface area contributed by atoms with E-state index in [4.69, 9.17) is 20.5 Å². The molecule has 8 unspecified atom stereocenters. The second kappa shape index (κ2) is 24.0. The first-order valence-corrected chi connectivity index (χ1v) is 13.9. The molecule has 6 aliphatic carbocycles. The monoisotopic (exact) mass is 574 g/mol. The molecule has 0 aromatic heterocycles. The third kappa shape index (κ3) is 14.1. The Morgan fingerprint density at radius 2 is 1.29 bits per heavy atom. The second-order valence-electron chi connectivity index (χ2n) is 10.8. The van der Waals surface area contributed by atoms with Gasteiger partial charge in [-0.05, 0) is 93.3 Å². The zero-order valence-corrected chi connectivity index (χ0v) is 24.8. The third-order valence-corrected chi connectivity index (χ3v) is 8.14. The van der Waals surface area contributed by atoms with Crippen LogP contribution in [0.4, 0.5) is 0 Å². The summed E-state index contributed by atoms with van der Waals surface area (Å²) in [5.41, 5.74) is 0.433. The van der Waals surface area contributed by atoms with E-state index < -0.39 is 0 Å². The number of fused-ring (bicyclic) bond motifs is 6. The first kappa shape index (κ1) is 41.7. The molecule has 42 heavy (non-hydrogen) atoms. The molecule has 0 saturated heterocycles. The standard InChI is InChI=1S/C9H12O2.C8H12O.C7H10.C5H8O2.CH4.B2N.2BHN/c1-11-9(10)8-5-6-2-3-7(8)4-6;9-5-8-4-6-1-2-7(8)3-6;1-2-7-4-3-6(1)5-7;1-4(2)5(6)7-3;;1-3-2;2*1-2/h2-3,6-8H,4-5H2,1H3;1-2,6-9H,3-5H2;1-2,6-7H,3-5H2;1H2,2-3H3;1H4;;2*2H. The average molecular weight is 574 g/mol. The Balaban J connectivity index is 0. The number of allylic oxidation sites excluding steroid dienone is 6. The molecular weight excluding hydrogens is 526 g/mol. The summed E-state index contributed by atoms with van der Waals surface area (Å²) in [6.07, 6.45) is 22.9. The van der Waals surface area contributed by atoms with Crippen molar-refractivity contribution in [3.05, 3.63) is 48.6 Å². The fraction of sp³-hybridized carbons (Fsp3) is 0.667. The Bertz CT molecular complexity index is 903. The SMILES string of the molecule is C.C1=CC2CCC1C2.C=C(C)C(=O)OC.COC(=O)C1CC2C=CC1C2.OCC1CC2C=CC1C2.[B]=N.[B]=N.[B]N=[B]. The molecule has 0 aromatic rings. The number of rotatable bonds is 3. The number of carbonyl (C=O) groups excluding carboxylic acids is 2. The first-order chi connectivity index (χ1) is 19.8. The molecule has 3 N–H and O–H groups in total. The van der Waals surface area contributed by atoms with Crippen LogP contribution in [0.2, 0.25) is 0 Å². The van der Waals surface area contributed by atoms with Crippen molar-refractivity contribution in [3.8, 4) is 0 Å². The van der Waals surface area contributed by atoms with Crippen molar-refractivity contribution in [2.45, 2.75) is 59.3 Å². The number of aliphatic hydroxyl groups excluding tert-OH is 1. The average Bonchev–Trinajstić information content (AvgIpc) is 3.88. The first-order valence-electron chi connectivity index (χ1n) is 13.9. The minimum atomic E-state index is -0.347. The van der Waals surface area contributed by atoms with Gasteiger partial charge in [0.15, 0.2) is 0 Å². The van der Waals surface area contributed by atoms with E-state index in [9.17, 15) is 9.59 Å². The molecule has 6 aliphatic rings. The molecule has 3 fully saturated rings. The number of methoxy groups -OCH3 is 2. The van der Waals surface area contributed by atoms with Gasteiger partial charge in [-0.3, -0.25) is 4.79 Å². The van der Waals surface area contributed by atoms with Gasteiger partial charge in [0.2, 0.25) is 0 Å². The van der Waals surface area contributed by atoms with E-state index in [1.54, 1.807) is 6.92 Å². The van der Waals surface area contributed by atoms with E-state index in [0.717, 1.165) is 30.1 Å². The number of esters is 2. The molecule has 6 bridgehead atoms. The van der Waals surface area contributed by atoms with E-state index in [0.29, 0.717) is 29.9 Å². The summed E-state index contributed by atoms with van der Waals surface area (Å²) in [5.74, 6) is 5.04. The third-order valence-electron chi connectivity index (χ3n) is 8.14. The van der Waals surface area contributed by atoms with E-state index in [-0.39, 0.29) is 25.3 Å². The van der Waals surface area contributed by atoms with Crippen molar-refractivity contribution in [2.75, 3.05) is 20.8 Å². The summed E-state index contributed by atoms with van der Waals surface area (Å²) in [5, 5.41) is 19.4. The molecule has 3 saturated carbocycles. The molecule has 0 aromatic carbocycles. The molecule has 0 spiro atoms. The summed E-state index contributed by atoms with van der Waals surface area (Å²) in [6.45, 7) is 5.35. The molecule has 0 amide bonds. The normalized spacial score (nSPS) is 29.6. The molecule has 12 heteroatoms. The Morgan fingerprint density at radius 3 is 1.48 bits per heavy atom. The Hall–Kier alpha value is -2.48. The minimum absolute atomic E-state index is 0. The van der Waals surface area contributed by atoms with Gasteiger partial charge in [-0.15, -0.1) is 0 Å². The van der Waals surface area contributed by atoms with Gasteiger partial charge in [0.05, 0.1) is 20.1 Å². The summed E-state index contributed by atoms with van der Waals surface area (Å²) >= 11 is 0. The van der Waals surface area contributed by atoms with Crippen molar-refractivity contribution in [1.29, 1.82) is 10.6 Å². The van der Waals surface area contributed by atoms with E-state index in [1.807, 2.05) is 0 Å². The van der Waals surface area contributed by atoms with Crippen LogP contribution in [0.3, 0.4) is 0 Å². The number of aliphatic hydroxyl groups is 1. The van der Waals surface area contributed by atoms with Crippen LogP contribution in [-0.4, -0.2) is 68.8 Å². The van der Waals surface area contributed by atoms with Crippen molar-refractivity contribution < 1.29 is 24.2 Å². The molecule has 8 nitrogen and oxygen atoms in total. The van der Waals surface area contributed by atoms with Gasteiger partial charge in [-0.1, -0.05) is 50.5 Å². The molecule has 5 radical (unpaired) electrons. The number of hydrogen-bond acceptors (Lipinski definition) is 8. The van der Waals surface area contributed by atoms with E-state index in [1.165, 1.54) is 52.7 Å². The number of hydrogen-bond donors (Lipinski definition) is 3. The zero-order valence-electron chi connectivity index (χ0n) is 24.8. The number of ether oxygens (including phenoxy) is 2. The predicted octanol–water partition coefficient (Wildman–Crippen LogP) is 5.16. The van der Waals surface area contributed by atoms with Crippen LogP contribution in [-0.2, 0) is 19.1 Å². The summed E-state index contributed by atoms with van der Waals surface area (Å²) in [7, 11) is 18.8. The van der Waals surface area contributed by atoms with Crippen LogP contribution >= 0.6 is 0 Å². The van der Waals surface area contributed by atoms with Gasteiger partial charge in [0, 0.05) is 12.2 Å². The topological polar surface area (TPSA) is 133 Å². The zero-order chi connectivity index (χ0) is 31.4. The molecule has 0 heterocycles. The van der Waals surface area contributed by atoms with Crippen LogP contribution in [0.1, 0.15) is 59.3 Å². The second-order valence-corrected chi connectivity index (χ2v) is 10.8. The Morgan fingerprint density at radius 1 is 0.833 bits per heavy atom. The van der Waals surface area contributed by atoms with Crippen LogP contribution in [0, 0.1) is 58.0 Å². The van der Waals surface area contributed by atoms with Crippen LogP contribution in [0.15, 0.2) is 53.4 Å². The van der Waals surface area contributed by atoms with Crippen LogP contribution in [0.25, 0.3) is 0 Å². The van der Waals surface area contributed by atoms with Crippen LogP contribution in [0.5, 0.6) is 0 Å². The summed E-state index contributed by atoms with van der Waals surface area (Å²) in [6, 6.07) is 0. The molecule has 0 aliphatic heterocycles. The molecule has 225 valence electrons. The number of nitrogens with one attached hydrogen (secondary N) is 2. The number of carbonyl (C=O) groups is 2. The van der Waals surface area contributed by atoms with Crippen molar-refractivity contribution in [2.24, 2.45) is 52.1 Å². The quantitative estimate of drug-likeness (QED) is 0.186. The van der Waals surface area contributed by atoms with Gasteiger partial charge in [0.25, 0.3) is 0 Å². The fourth-order valence-corrected chi connectivity index (χ4v) is 6.20. The fourth-order valence-electron chi connectivity index (χ4n) is 6.20. The summed E-state index contributed by atoms with van der Waals surface area (Å²) in [4.78, 5) is 23.8. The Labute approximate surface area is 258 Å². The van der Waals surface area contributed by atoms with Gasteiger partial charge in [0.1, 0.15) is 0 Å². The maximum atomic E-state index is 11.1. The van der Waals surface area contributed by atoms with Gasteiger partial charge < -0.3 is 14.6 Å². The van der Waals surface area contributed by atoms with Gasteiger partial charge >= 0.3 is 58.3 Å². The molecular formula is C30H48B4N3O5. The van der Waals surface area contributed by atoms with Crippen LogP contribution < -0.4 is 0 Å². The summed E-state index contributed by atoms with van der Waals surface area (Å²) < 4.78 is 8.99. The van der Waals surface area contributed by atoms with Gasteiger partial charge in [-0.2, -0.15) is 0 Å². The van der Waals surface area contributed by atoms with E-state index in [2.05, 4.69) is 83.5 Å². The van der Waals surface area contributed by atoms with Crippen molar-refractivity contribution in [1.82, 2.24) is 0 Å². The van der Waals surface area contributed by atoms with Gasteiger partial charge in [-0.25, -0.2) is 4.79 Å². The molecule has 6 rings (SSSR count). The Kier molecular flexibility index (Phi) is 23.8. The molecule has 8 atom stereocenters. The predicted molar refractivity (Wildman–Crippen MR) is 171 cm³/mol. The maximum absolute atomic E-state index is 11.1. The van der Waals surface area contributed by atoms with Crippen molar-refractivity contribution in [3.63, 3.8) is 0 Å².